The van der Waals surface area contributed by atoms with Crippen LogP contribution in [0, 0.1) is 0 Å². The molecule has 0 saturated heterocycles. The molecule has 0 unspecified atom stereocenters. The fourth-order valence-electron chi connectivity index (χ4n) is 0.601. The maximum Gasteiger partial charge on any atom is 0 e. The lowest BCUT2D eigenvalue weighted by atomic mass is 30.7. The molecule has 0 aliphatic carbocycles. The highest BCUT2D eigenvalue weighted by Crippen LogP contribution is 1.46. The Balaban J connectivity index is 6.10. The van der Waals surface area contributed by atoms with Gasteiger partial charge in [-0.2, -0.15) is 0 Å². The summed E-state index contributed by atoms with van der Waals surface area (Å²) in [5, 5.41) is 0. The van der Waals surface area contributed by atoms with Crippen molar-refractivity contribution in [3.8, 4) is 0 Å². The number of hydrogen-bond acceptors (Lipinski definition) is 2. The molecule has 0 aliphatic rings. The Kier molecular flexibility index (Phi) is 83.6. The van der Waals surface area contributed by atoms with E-state index in [4.69, 9.17) is 22.4 Å². The maximum atomic E-state index is 4.82. The zero-order valence-electron chi connectivity index (χ0n) is 23.3. The van der Waals surface area contributed by atoms with Crippen LogP contribution in [0.25, 0.3) is 0 Å². The van der Waals surface area contributed by atoms with Gasteiger partial charge in [0.25, 0.3) is 0 Å². The number of hydrogen-bond donors (Lipinski definition) is 0. The minimum Gasteiger partial charge on any atom is 0 e. The highest BCUT2D eigenvalue weighted by molar-refractivity contribution is 8.83. The molecule has 0 spiro atoms. The SMILES string of the molecule is S=S=S=S=S=S=S=S=S=S=S=S=S=S=S=S=S=S=S=S=S=S=S=S=S=S=S=S=S=S=S=S=S=S=S=S=S=S=S=S=S=S=S=S=S=S=S=S=S=S=S=S=S=S=S=S=S. The summed E-state index contributed by atoms with van der Waals surface area (Å²) in [5.74, 6) is 0. The molecule has 0 fully saturated rings. The first-order valence-corrected chi connectivity index (χ1v) is 84.0. The van der Waals surface area contributed by atoms with Crippen molar-refractivity contribution in [2.24, 2.45) is 0 Å². The number of rotatable bonds is 0. The van der Waals surface area contributed by atoms with Crippen molar-refractivity contribution in [1.82, 2.24) is 0 Å². The van der Waals surface area contributed by atoms with Crippen LogP contribution < -0.4 is 0 Å². The molecule has 0 bridgehead atoms. The van der Waals surface area contributed by atoms with E-state index in [0.717, 1.165) is 0 Å². The molecular weight excluding hydrogens is 1830 g/mol. The van der Waals surface area contributed by atoms with Gasteiger partial charge in [-0.1, -0.05) is 0 Å². The van der Waals surface area contributed by atoms with Crippen molar-refractivity contribution < 1.29 is 0 Å². The van der Waals surface area contributed by atoms with Crippen molar-refractivity contribution in [3.05, 3.63) is 0 Å². The first kappa shape index (κ1) is 69.5. The molecule has 0 atom stereocenters. The minimum atomic E-state index is 1.37. The monoisotopic (exact) mass is 1820 g/mol. The zero-order chi connectivity index (χ0) is 40.9. The van der Waals surface area contributed by atoms with E-state index in [1.54, 1.807) is 107 Å². The molecule has 0 radical (unpaired) electrons. The van der Waals surface area contributed by atoms with Crippen LogP contribution >= 0.6 is 0 Å². The fraction of sp³-hybridized carbons (Fsp3) is 0. The van der Waals surface area contributed by atoms with Gasteiger partial charge in [0.1, 0.15) is 0 Å². The van der Waals surface area contributed by atoms with E-state index in [1.807, 2.05) is 364 Å². The summed E-state index contributed by atoms with van der Waals surface area (Å²) in [7, 11) is 98.5. The Morgan fingerprint density at radius 3 is 0.193 bits per heavy atom. The van der Waals surface area contributed by atoms with Crippen LogP contribution in [0.5, 0.6) is 0 Å². The van der Waals surface area contributed by atoms with Gasteiger partial charge in [-0.05, 0) is 0 Å². The Labute approximate surface area is 495 Å². The second kappa shape index (κ2) is 68.5. The summed E-state index contributed by atoms with van der Waals surface area (Å²) < 4.78 is 0. The van der Waals surface area contributed by atoms with Gasteiger partial charge in [-0.3, -0.25) is 0 Å². The molecule has 0 N–H and O–H groups in total. The lowest BCUT2D eigenvalue weighted by Gasteiger charge is -1.41. The van der Waals surface area contributed by atoms with Gasteiger partial charge in [-0.15, -0.1) is 0 Å². The lowest BCUT2D eigenvalue weighted by Crippen LogP contribution is -1.41. The molecule has 0 aliphatic heterocycles. The van der Waals surface area contributed by atoms with Gasteiger partial charge in [0.05, 0.1) is 0 Å². The lowest BCUT2D eigenvalue weighted by molar-refractivity contribution is 5.95. The third kappa shape index (κ3) is 68.5. The highest BCUT2D eigenvalue weighted by atomic mass is 33.5. The first-order valence-electron chi connectivity index (χ1n) is 9.33. The Morgan fingerprint density at radius 2 is 0.140 bits per heavy atom. The summed E-state index contributed by atoms with van der Waals surface area (Å²) in [6.45, 7) is 0. The van der Waals surface area contributed by atoms with Gasteiger partial charge in [-0.25, -0.2) is 0 Å². The van der Waals surface area contributed by atoms with Crippen molar-refractivity contribution in [3.63, 3.8) is 0 Å². The van der Waals surface area contributed by atoms with Gasteiger partial charge in [0.15, 0.2) is 0 Å². The second-order valence-corrected chi connectivity index (χ2v) is 101. The molecule has 0 heterocycles. The van der Waals surface area contributed by atoms with Crippen LogP contribution in [0.1, 0.15) is 0 Å². The first-order chi connectivity index (χ1) is 28.4. The topological polar surface area (TPSA) is 0 Å². The highest BCUT2D eigenvalue weighted by Gasteiger charge is 1.46. The van der Waals surface area contributed by atoms with E-state index in [2.05, 4.69) is 0 Å². The summed E-state index contributed by atoms with van der Waals surface area (Å²) in [6, 6.07) is 0. The molecule has 0 aromatic heterocycles. The molecule has 0 nitrogen and oxygen atoms in total. The maximum absolute atomic E-state index is 4.82. The van der Waals surface area contributed by atoms with Gasteiger partial charge >= 0.3 is 0 Å². The largest absolute Gasteiger partial charge is 0 e. The molecule has 342 valence electrons. The molecule has 0 aromatic carbocycles. The fourth-order valence-corrected chi connectivity index (χ4v) is 146. The van der Waals surface area contributed by atoms with E-state index in [-0.39, 0.29) is 0 Å². The Hall–Kier alpha value is 12.5. The average Bonchev–Trinajstić information content (AvgIpc) is 3.22. The van der Waals surface area contributed by atoms with Gasteiger partial charge in [0, 0.05) is 511 Å². The summed E-state index contributed by atoms with van der Waals surface area (Å²) in [6.07, 6.45) is 0. The van der Waals surface area contributed by atoms with Crippen LogP contribution in [-0.2, 0) is 511 Å². The van der Waals surface area contributed by atoms with Crippen LogP contribution in [0.15, 0.2) is 0 Å². The predicted molar refractivity (Wildman–Crippen MR) is 420 cm³/mol. The summed E-state index contributed by atoms with van der Waals surface area (Å²) in [4.78, 5) is 0. The molecule has 57 heteroatoms. The van der Waals surface area contributed by atoms with E-state index < -0.39 is 0 Å². The normalized spacial score (nSPS) is 7.79. The standard InChI is InChI=1S/S57/c1-3-5-7-9-11-13-15-17-19-21-23-25-27-29-31-33-35-37-39-41-43-45-47-49-51-53-55-57-56-54-52-50-48-46-44-42-40-38-36-34-32-30-28-26-24-22-20-18-16-14-12-10-8-6-4-2. The van der Waals surface area contributed by atoms with Crippen molar-refractivity contribution in [1.29, 1.82) is 0 Å². The summed E-state index contributed by atoms with van der Waals surface area (Å²) >= 11 is 9.63. The third-order valence-corrected chi connectivity index (χ3v) is 121. The molecule has 0 saturated carbocycles. The molecule has 0 rings (SSSR count). The minimum absolute atomic E-state index is 1.37. The van der Waals surface area contributed by atoms with Crippen molar-refractivity contribution >= 4 is 511 Å². The Bertz CT molecular complexity index is 3760. The van der Waals surface area contributed by atoms with E-state index in [9.17, 15) is 0 Å². The second-order valence-electron chi connectivity index (χ2n) is 3.74. The van der Waals surface area contributed by atoms with Gasteiger partial charge < -0.3 is 0 Å². The third-order valence-electron chi connectivity index (χ3n) is 1.50. The van der Waals surface area contributed by atoms with Crippen LogP contribution in [-0.4, -0.2) is 0 Å². The molecular formula is S57. The molecule has 0 aromatic rings. The molecule has 0 amide bonds. The molecule has 57 heavy (non-hydrogen) atoms. The average molecular weight is 1830 g/mol. The van der Waals surface area contributed by atoms with Crippen molar-refractivity contribution in [2.75, 3.05) is 0 Å². The summed E-state index contributed by atoms with van der Waals surface area (Å²) in [5.41, 5.74) is 0. The Morgan fingerprint density at radius 1 is 0.0877 bits per heavy atom. The van der Waals surface area contributed by atoms with Crippen LogP contribution in [0.4, 0.5) is 0 Å². The van der Waals surface area contributed by atoms with E-state index >= 15 is 0 Å². The predicted octanol–water partition coefficient (Wildman–Crippen LogP) is -0.137. The zero-order valence-corrected chi connectivity index (χ0v) is 69.8. The smallest absolute Gasteiger partial charge is 0 e. The van der Waals surface area contributed by atoms with Crippen LogP contribution in [0.3, 0.4) is 0 Å². The van der Waals surface area contributed by atoms with Crippen LogP contribution in [0.2, 0.25) is 0 Å². The quantitative estimate of drug-likeness (QED) is 0.332. The van der Waals surface area contributed by atoms with Crippen molar-refractivity contribution in [2.45, 2.75) is 0 Å². The van der Waals surface area contributed by atoms with E-state index in [0.29, 0.717) is 0 Å². The van der Waals surface area contributed by atoms with E-state index in [1.165, 1.54) is 17.8 Å². The van der Waals surface area contributed by atoms with Gasteiger partial charge in [0.2, 0.25) is 0 Å².